The molecule has 5 nitrogen and oxygen atoms in total. The molecule has 0 bridgehead atoms. The molecule has 1 N–H and O–H groups in total. The number of pyridine rings is 1. The van der Waals surface area contributed by atoms with Gasteiger partial charge in [0.15, 0.2) is 5.13 Å². The fourth-order valence-electron chi connectivity index (χ4n) is 1.94. The summed E-state index contributed by atoms with van der Waals surface area (Å²) >= 11 is 1.26. The topological polar surface area (TPSA) is 72.0 Å². The van der Waals surface area contributed by atoms with Crippen molar-refractivity contribution in [2.24, 2.45) is 0 Å². The largest absolute Gasteiger partial charge is 0.265 e. The van der Waals surface area contributed by atoms with Crippen LogP contribution in [0.5, 0.6) is 0 Å². The molecule has 0 aliphatic rings. The minimum atomic E-state index is -3.47. The standard InChI is InChI=1S/C15H13N3O2S2/c19-22(20,11-12-4-2-1-3-5-12)18-15-17-14(10-21-15)13-6-8-16-9-7-13/h1-10H,11H2,(H,17,18). The zero-order valence-electron chi connectivity index (χ0n) is 11.5. The van der Waals surface area contributed by atoms with E-state index in [0.29, 0.717) is 5.13 Å². The van der Waals surface area contributed by atoms with E-state index in [0.717, 1.165) is 16.8 Å². The van der Waals surface area contributed by atoms with E-state index < -0.39 is 10.0 Å². The molecule has 112 valence electrons. The van der Waals surface area contributed by atoms with E-state index >= 15 is 0 Å². The first-order valence-corrected chi connectivity index (χ1v) is 9.06. The van der Waals surface area contributed by atoms with Crippen LogP contribution in [0, 0.1) is 0 Å². The van der Waals surface area contributed by atoms with Crippen LogP contribution in [0.2, 0.25) is 0 Å². The maximum Gasteiger partial charge on any atom is 0.238 e. The van der Waals surface area contributed by atoms with Crippen molar-refractivity contribution in [2.75, 3.05) is 4.72 Å². The number of hydrogen-bond donors (Lipinski definition) is 1. The molecule has 3 aromatic rings. The van der Waals surface area contributed by atoms with E-state index in [2.05, 4.69) is 14.7 Å². The summed E-state index contributed by atoms with van der Waals surface area (Å²) in [4.78, 5) is 8.26. The summed E-state index contributed by atoms with van der Waals surface area (Å²) in [6.07, 6.45) is 3.35. The summed E-state index contributed by atoms with van der Waals surface area (Å²) in [5, 5.41) is 2.18. The van der Waals surface area contributed by atoms with Crippen LogP contribution in [0.1, 0.15) is 5.56 Å². The van der Waals surface area contributed by atoms with E-state index in [9.17, 15) is 8.42 Å². The van der Waals surface area contributed by atoms with E-state index in [1.54, 1.807) is 24.5 Å². The average molecular weight is 331 g/mol. The number of benzene rings is 1. The Balaban J connectivity index is 1.75. The molecular weight excluding hydrogens is 318 g/mol. The number of thiazole rings is 1. The van der Waals surface area contributed by atoms with E-state index in [4.69, 9.17) is 0 Å². The van der Waals surface area contributed by atoms with Crippen molar-refractivity contribution in [2.45, 2.75) is 5.75 Å². The predicted molar refractivity (Wildman–Crippen MR) is 88.0 cm³/mol. The molecule has 0 amide bonds. The van der Waals surface area contributed by atoms with E-state index in [1.165, 1.54) is 11.3 Å². The molecule has 22 heavy (non-hydrogen) atoms. The van der Waals surface area contributed by atoms with E-state index in [1.807, 2.05) is 35.7 Å². The highest BCUT2D eigenvalue weighted by Crippen LogP contribution is 2.25. The van der Waals surface area contributed by atoms with Gasteiger partial charge in [0, 0.05) is 23.3 Å². The Morgan fingerprint density at radius 3 is 2.50 bits per heavy atom. The van der Waals surface area contributed by atoms with Crippen LogP contribution in [0.15, 0.2) is 60.2 Å². The summed E-state index contributed by atoms with van der Waals surface area (Å²) in [5.74, 6) is -0.0714. The van der Waals surface area contributed by atoms with Crippen LogP contribution in [0.4, 0.5) is 5.13 Å². The minimum Gasteiger partial charge on any atom is -0.265 e. The van der Waals surface area contributed by atoms with Crippen molar-refractivity contribution in [1.82, 2.24) is 9.97 Å². The van der Waals surface area contributed by atoms with Crippen molar-refractivity contribution in [3.8, 4) is 11.3 Å². The Hall–Kier alpha value is -2.25. The van der Waals surface area contributed by atoms with Gasteiger partial charge in [-0.3, -0.25) is 9.71 Å². The molecule has 0 aliphatic heterocycles. The number of nitrogens with one attached hydrogen (secondary N) is 1. The molecule has 0 spiro atoms. The molecule has 0 radical (unpaired) electrons. The first kappa shape index (κ1) is 14.7. The van der Waals surface area contributed by atoms with Gasteiger partial charge in [0.25, 0.3) is 0 Å². The molecule has 0 saturated heterocycles. The number of nitrogens with zero attached hydrogens (tertiary/aromatic N) is 2. The lowest BCUT2D eigenvalue weighted by molar-refractivity contribution is 0.600. The molecule has 3 rings (SSSR count). The SMILES string of the molecule is O=S(=O)(Cc1ccccc1)Nc1nc(-c2ccncc2)cs1. The first-order chi connectivity index (χ1) is 10.6. The van der Waals surface area contributed by atoms with Gasteiger partial charge in [-0.2, -0.15) is 0 Å². The Bertz CT molecular complexity index is 847. The smallest absolute Gasteiger partial charge is 0.238 e. The predicted octanol–water partition coefficient (Wildman–Crippen LogP) is 3.15. The third-order valence-corrected chi connectivity index (χ3v) is 5.03. The summed E-state index contributed by atoms with van der Waals surface area (Å²) in [6.45, 7) is 0. The zero-order chi connectivity index (χ0) is 15.4. The molecule has 7 heteroatoms. The van der Waals surface area contributed by atoms with Crippen LogP contribution >= 0.6 is 11.3 Å². The molecule has 0 aliphatic carbocycles. The van der Waals surface area contributed by atoms with E-state index in [-0.39, 0.29) is 5.75 Å². The molecule has 0 atom stereocenters. The molecule has 0 unspecified atom stereocenters. The van der Waals surface area contributed by atoms with Gasteiger partial charge >= 0.3 is 0 Å². The average Bonchev–Trinajstić information content (AvgIpc) is 2.96. The summed E-state index contributed by atoms with van der Waals surface area (Å²) < 4.78 is 26.8. The fraction of sp³-hybridized carbons (Fsp3) is 0.0667. The number of aromatic nitrogens is 2. The van der Waals surface area contributed by atoms with Gasteiger partial charge in [-0.1, -0.05) is 30.3 Å². The second-order valence-corrected chi connectivity index (χ2v) is 7.20. The minimum absolute atomic E-state index is 0.0714. The first-order valence-electron chi connectivity index (χ1n) is 6.53. The highest BCUT2D eigenvalue weighted by atomic mass is 32.2. The number of anilines is 1. The van der Waals surface area contributed by atoms with Gasteiger partial charge in [0.05, 0.1) is 11.4 Å². The van der Waals surface area contributed by atoms with Gasteiger partial charge in [-0.15, -0.1) is 11.3 Å². The number of hydrogen-bond acceptors (Lipinski definition) is 5. The van der Waals surface area contributed by atoms with Crippen molar-refractivity contribution >= 4 is 26.5 Å². The van der Waals surface area contributed by atoms with Gasteiger partial charge in [0.1, 0.15) is 0 Å². The monoisotopic (exact) mass is 331 g/mol. The zero-order valence-corrected chi connectivity index (χ0v) is 13.1. The quantitative estimate of drug-likeness (QED) is 0.779. The van der Waals surface area contributed by atoms with Crippen LogP contribution in [0.3, 0.4) is 0 Å². The molecule has 2 aromatic heterocycles. The summed E-state index contributed by atoms with van der Waals surface area (Å²) in [5.41, 5.74) is 2.37. The lowest BCUT2D eigenvalue weighted by Crippen LogP contribution is -2.14. The molecule has 2 heterocycles. The third-order valence-electron chi connectivity index (χ3n) is 2.92. The highest BCUT2D eigenvalue weighted by Gasteiger charge is 2.14. The van der Waals surface area contributed by atoms with Crippen molar-refractivity contribution < 1.29 is 8.42 Å². The van der Waals surface area contributed by atoms with Crippen LogP contribution in [-0.4, -0.2) is 18.4 Å². The second kappa shape index (κ2) is 6.25. The molecule has 0 fully saturated rings. The van der Waals surface area contributed by atoms with Gasteiger partial charge < -0.3 is 0 Å². The Morgan fingerprint density at radius 2 is 1.77 bits per heavy atom. The van der Waals surface area contributed by atoms with Crippen molar-refractivity contribution in [3.05, 3.63) is 65.8 Å². The molecule has 1 aromatic carbocycles. The second-order valence-electron chi connectivity index (χ2n) is 4.62. The Morgan fingerprint density at radius 1 is 1.05 bits per heavy atom. The lowest BCUT2D eigenvalue weighted by Gasteiger charge is -2.04. The molecule has 0 saturated carbocycles. The van der Waals surface area contributed by atoms with Crippen molar-refractivity contribution in [3.63, 3.8) is 0 Å². The maximum atomic E-state index is 12.2. The molecular formula is C15H13N3O2S2. The van der Waals surface area contributed by atoms with Gasteiger partial charge in [-0.25, -0.2) is 13.4 Å². The fourth-order valence-corrected chi connectivity index (χ4v) is 4.09. The summed E-state index contributed by atoms with van der Waals surface area (Å²) in [7, 11) is -3.47. The Labute approximate surface area is 132 Å². The number of rotatable bonds is 5. The van der Waals surface area contributed by atoms with Crippen LogP contribution in [0.25, 0.3) is 11.3 Å². The van der Waals surface area contributed by atoms with Crippen LogP contribution in [-0.2, 0) is 15.8 Å². The van der Waals surface area contributed by atoms with Gasteiger partial charge in [0.2, 0.25) is 10.0 Å². The lowest BCUT2D eigenvalue weighted by atomic mass is 10.2. The normalized spacial score (nSPS) is 11.3. The summed E-state index contributed by atoms with van der Waals surface area (Å²) in [6, 6.07) is 12.7. The van der Waals surface area contributed by atoms with Crippen LogP contribution < -0.4 is 4.72 Å². The Kier molecular flexibility index (Phi) is 4.17. The maximum absolute atomic E-state index is 12.2. The van der Waals surface area contributed by atoms with Crippen molar-refractivity contribution in [1.29, 1.82) is 0 Å². The third kappa shape index (κ3) is 3.69. The van der Waals surface area contributed by atoms with Gasteiger partial charge in [-0.05, 0) is 17.7 Å². The highest BCUT2D eigenvalue weighted by molar-refractivity contribution is 7.92. The number of sulfonamides is 1.